The van der Waals surface area contributed by atoms with Gasteiger partial charge in [0.25, 0.3) is 0 Å². The number of carboxylic acid groups (broad SMARTS) is 1. The van der Waals surface area contributed by atoms with Gasteiger partial charge in [-0.25, -0.2) is 13.6 Å². The molecule has 2 aliphatic heterocycles. The normalized spacial score (nSPS) is 19.8. The molecule has 1 aromatic rings. The van der Waals surface area contributed by atoms with Crippen LogP contribution in [0.5, 0.6) is 0 Å². The third-order valence-corrected chi connectivity index (χ3v) is 4.88. The van der Waals surface area contributed by atoms with Gasteiger partial charge in [-0.05, 0) is 19.4 Å². The number of halogens is 3. The SMILES string of the molecule is CC1=CN=C(C(=O)O)CC1N1CC(Cl)=C(OCc2ncc(F)cc2F)C=C1C. The van der Waals surface area contributed by atoms with Crippen LogP contribution in [0.25, 0.3) is 0 Å². The van der Waals surface area contributed by atoms with Crippen molar-refractivity contribution in [1.82, 2.24) is 9.88 Å². The van der Waals surface area contributed by atoms with Crippen LogP contribution < -0.4 is 0 Å². The number of aliphatic imine (C=N–C) groups is 1. The topological polar surface area (TPSA) is 75.0 Å². The Labute approximate surface area is 165 Å². The summed E-state index contributed by atoms with van der Waals surface area (Å²) in [6.07, 6.45) is 4.43. The first kappa shape index (κ1) is 20.0. The fraction of sp³-hybridized carbons (Fsp3) is 0.316. The zero-order valence-electron chi connectivity index (χ0n) is 15.2. The molecule has 3 rings (SSSR count). The molecule has 0 aliphatic carbocycles. The Kier molecular flexibility index (Phi) is 5.79. The number of aromatic nitrogens is 1. The first-order valence-corrected chi connectivity index (χ1v) is 8.87. The summed E-state index contributed by atoms with van der Waals surface area (Å²) in [5.74, 6) is -2.24. The van der Waals surface area contributed by atoms with Gasteiger partial charge in [-0.2, -0.15) is 0 Å². The van der Waals surface area contributed by atoms with Crippen LogP contribution >= 0.6 is 11.6 Å². The third-order valence-electron chi connectivity index (χ3n) is 4.58. The molecule has 1 N–H and O–H groups in total. The van der Waals surface area contributed by atoms with Crippen LogP contribution in [-0.2, 0) is 16.1 Å². The van der Waals surface area contributed by atoms with Gasteiger partial charge in [-0.15, -0.1) is 0 Å². The highest BCUT2D eigenvalue weighted by Gasteiger charge is 2.30. The van der Waals surface area contributed by atoms with Gasteiger partial charge in [0.05, 0.1) is 23.8 Å². The molecule has 3 heterocycles. The van der Waals surface area contributed by atoms with Crippen LogP contribution in [0.15, 0.2) is 51.6 Å². The molecule has 0 spiro atoms. The molecule has 6 nitrogen and oxygen atoms in total. The zero-order valence-corrected chi connectivity index (χ0v) is 16.0. The first-order valence-electron chi connectivity index (χ1n) is 8.49. The Morgan fingerprint density at radius 1 is 1.43 bits per heavy atom. The lowest BCUT2D eigenvalue weighted by atomic mass is 9.97. The number of hydrogen-bond donors (Lipinski definition) is 1. The summed E-state index contributed by atoms with van der Waals surface area (Å²) in [5.41, 5.74) is 1.80. The van der Waals surface area contributed by atoms with Gasteiger partial charge >= 0.3 is 5.97 Å². The zero-order chi connectivity index (χ0) is 20.4. The monoisotopic (exact) mass is 409 g/mol. The maximum absolute atomic E-state index is 13.7. The molecular formula is C19H18ClF2N3O3. The van der Waals surface area contributed by atoms with Gasteiger partial charge in [0.1, 0.15) is 29.6 Å². The van der Waals surface area contributed by atoms with E-state index in [2.05, 4.69) is 9.98 Å². The molecule has 0 bridgehead atoms. The van der Waals surface area contributed by atoms with Crippen molar-refractivity contribution in [2.45, 2.75) is 32.9 Å². The number of pyridine rings is 1. The van der Waals surface area contributed by atoms with Crippen molar-refractivity contribution in [3.05, 3.63) is 63.9 Å². The Hall–Kier alpha value is -2.74. The summed E-state index contributed by atoms with van der Waals surface area (Å²) >= 11 is 6.37. The van der Waals surface area contributed by atoms with E-state index in [-0.39, 0.29) is 30.5 Å². The molecule has 0 aromatic carbocycles. The van der Waals surface area contributed by atoms with Gasteiger partial charge in [-0.3, -0.25) is 9.98 Å². The van der Waals surface area contributed by atoms with Gasteiger partial charge < -0.3 is 14.7 Å². The minimum absolute atomic E-state index is 0.0276. The van der Waals surface area contributed by atoms with E-state index in [0.29, 0.717) is 17.3 Å². The van der Waals surface area contributed by atoms with Crippen molar-refractivity contribution >= 4 is 23.3 Å². The second-order valence-corrected chi connectivity index (χ2v) is 6.98. The van der Waals surface area contributed by atoms with Crippen LogP contribution in [0.3, 0.4) is 0 Å². The summed E-state index contributed by atoms with van der Waals surface area (Å²) in [5, 5.41) is 9.60. The Morgan fingerprint density at radius 3 is 2.86 bits per heavy atom. The van der Waals surface area contributed by atoms with Crippen LogP contribution in [0, 0.1) is 11.6 Å². The molecule has 0 radical (unpaired) electrons. The smallest absolute Gasteiger partial charge is 0.350 e. The standard InChI is InChI=1S/C19H18ClF2N3O3/c1-10-6-23-15(19(26)27)5-17(10)25-8-13(20)18(3-11(25)2)28-9-16-14(22)4-12(21)7-24-16/h3-4,6-7,17H,5,8-9H2,1-2H3,(H,26,27). The highest BCUT2D eigenvalue weighted by atomic mass is 35.5. The maximum atomic E-state index is 13.7. The second-order valence-electron chi connectivity index (χ2n) is 6.53. The molecular weight excluding hydrogens is 392 g/mol. The fourth-order valence-electron chi connectivity index (χ4n) is 3.04. The molecule has 28 heavy (non-hydrogen) atoms. The third kappa shape index (κ3) is 4.22. The minimum atomic E-state index is -1.05. The van der Waals surface area contributed by atoms with Crippen molar-refractivity contribution in [2.24, 2.45) is 4.99 Å². The molecule has 1 atom stereocenters. The van der Waals surface area contributed by atoms with Gasteiger partial charge in [0.2, 0.25) is 0 Å². The maximum Gasteiger partial charge on any atom is 0.350 e. The van der Waals surface area contributed by atoms with Crippen LogP contribution in [0.1, 0.15) is 26.0 Å². The number of rotatable bonds is 5. The van der Waals surface area contributed by atoms with E-state index in [9.17, 15) is 18.7 Å². The van der Waals surface area contributed by atoms with Crippen LogP contribution in [0.2, 0.25) is 0 Å². The summed E-state index contributed by atoms with van der Waals surface area (Å²) in [7, 11) is 0. The Balaban J connectivity index is 1.72. The molecule has 0 saturated heterocycles. The quantitative estimate of drug-likeness (QED) is 0.801. The van der Waals surface area contributed by atoms with E-state index in [1.54, 1.807) is 12.3 Å². The van der Waals surface area contributed by atoms with Gasteiger partial charge in [0, 0.05) is 30.5 Å². The second kappa shape index (κ2) is 8.10. The lowest BCUT2D eigenvalue weighted by Crippen LogP contribution is -2.41. The van der Waals surface area contributed by atoms with E-state index >= 15 is 0 Å². The molecule has 0 fully saturated rings. The number of aliphatic carboxylic acids is 1. The summed E-state index contributed by atoms with van der Waals surface area (Å²) in [6, 6.07) is 0.553. The number of ether oxygens (including phenoxy) is 1. The summed E-state index contributed by atoms with van der Waals surface area (Å²) in [6.45, 7) is 3.84. The molecule has 0 amide bonds. The number of hydrogen-bond acceptors (Lipinski definition) is 5. The Bertz CT molecular complexity index is 940. The number of carbonyl (C=O) groups is 1. The molecule has 9 heteroatoms. The predicted octanol–water partition coefficient (Wildman–Crippen LogP) is 3.75. The van der Waals surface area contributed by atoms with Crippen molar-refractivity contribution in [3.63, 3.8) is 0 Å². The van der Waals surface area contributed by atoms with Crippen molar-refractivity contribution < 1.29 is 23.4 Å². The number of nitrogens with zero attached hydrogens (tertiary/aromatic N) is 3. The highest BCUT2D eigenvalue weighted by molar-refractivity contribution is 6.36. The van der Waals surface area contributed by atoms with E-state index in [0.717, 1.165) is 23.5 Å². The predicted molar refractivity (Wildman–Crippen MR) is 99.5 cm³/mol. The Morgan fingerprint density at radius 2 is 2.18 bits per heavy atom. The van der Waals surface area contributed by atoms with E-state index < -0.39 is 17.6 Å². The molecule has 1 unspecified atom stereocenters. The first-order chi connectivity index (χ1) is 13.3. The highest BCUT2D eigenvalue weighted by Crippen LogP contribution is 2.31. The van der Waals surface area contributed by atoms with E-state index in [1.165, 1.54) is 0 Å². The fourth-order valence-corrected chi connectivity index (χ4v) is 3.27. The molecule has 148 valence electrons. The summed E-state index contributed by atoms with van der Waals surface area (Å²) < 4.78 is 32.2. The lowest BCUT2D eigenvalue weighted by Gasteiger charge is -2.38. The van der Waals surface area contributed by atoms with Crippen LogP contribution in [0.4, 0.5) is 8.78 Å². The number of allylic oxidation sites excluding steroid dienone is 2. The van der Waals surface area contributed by atoms with Crippen molar-refractivity contribution in [2.75, 3.05) is 6.54 Å². The van der Waals surface area contributed by atoms with Gasteiger partial charge in [-0.1, -0.05) is 11.6 Å². The largest absolute Gasteiger partial charge is 0.486 e. The average molecular weight is 410 g/mol. The van der Waals surface area contributed by atoms with E-state index in [1.807, 2.05) is 18.7 Å². The molecule has 0 saturated carbocycles. The van der Waals surface area contributed by atoms with Crippen molar-refractivity contribution in [3.8, 4) is 0 Å². The minimum Gasteiger partial charge on any atom is -0.486 e. The van der Waals surface area contributed by atoms with Crippen molar-refractivity contribution in [1.29, 1.82) is 0 Å². The lowest BCUT2D eigenvalue weighted by molar-refractivity contribution is -0.129. The van der Waals surface area contributed by atoms with E-state index in [4.69, 9.17) is 16.3 Å². The number of carboxylic acids is 1. The molecule has 2 aliphatic rings. The van der Waals surface area contributed by atoms with Gasteiger partial charge in [0.15, 0.2) is 5.82 Å². The summed E-state index contributed by atoms with van der Waals surface area (Å²) in [4.78, 5) is 20.9. The molecule has 1 aromatic heterocycles. The van der Waals surface area contributed by atoms with Crippen LogP contribution in [-0.4, -0.2) is 39.3 Å². The average Bonchev–Trinajstić information content (AvgIpc) is 2.63.